The van der Waals surface area contributed by atoms with Crippen LogP contribution in [0.3, 0.4) is 0 Å². The lowest BCUT2D eigenvalue weighted by Gasteiger charge is -2.37. The Bertz CT molecular complexity index is 267. The van der Waals surface area contributed by atoms with Crippen LogP contribution in [0, 0.1) is 0 Å². The van der Waals surface area contributed by atoms with E-state index in [1.807, 2.05) is 0 Å². The lowest BCUT2D eigenvalue weighted by Crippen LogP contribution is -2.42. The van der Waals surface area contributed by atoms with E-state index in [-0.39, 0.29) is 0 Å². The van der Waals surface area contributed by atoms with Gasteiger partial charge in [-0.05, 0) is 19.3 Å². The molecule has 0 aliphatic heterocycles. The van der Waals surface area contributed by atoms with E-state index in [2.05, 4.69) is 93.4 Å². The van der Waals surface area contributed by atoms with Crippen LogP contribution >= 0.6 is 67.8 Å². The maximum absolute atomic E-state index is 2.88. The summed E-state index contributed by atoms with van der Waals surface area (Å²) in [6.07, 6.45) is 25.2. The van der Waals surface area contributed by atoms with Gasteiger partial charge in [-0.3, -0.25) is 4.90 Å². The number of hydrogen-bond donors (Lipinski definition) is 0. The van der Waals surface area contributed by atoms with Crippen LogP contribution in [-0.4, -0.2) is 17.0 Å². The number of hydrogen-bond acceptors (Lipinski definition) is 1. The van der Waals surface area contributed by atoms with Gasteiger partial charge in [0.05, 0.1) is 12.1 Å². The molecule has 0 amide bonds. The van der Waals surface area contributed by atoms with Gasteiger partial charge in [-0.25, -0.2) is 0 Å². The number of alkyl halides is 3. The van der Waals surface area contributed by atoms with Crippen LogP contribution in [0.25, 0.3) is 0 Å². The molecule has 0 aromatic heterocycles. The van der Waals surface area contributed by atoms with Gasteiger partial charge in [-0.15, -0.1) is 0 Å². The lowest BCUT2D eigenvalue weighted by atomic mass is 10.1. The highest BCUT2D eigenvalue weighted by Gasteiger charge is 2.27. The van der Waals surface area contributed by atoms with E-state index in [4.69, 9.17) is 0 Å². The number of halogens is 3. The first-order valence-corrected chi connectivity index (χ1v) is 16.0. The van der Waals surface area contributed by atoms with Crippen LogP contribution in [0.15, 0.2) is 0 Å². The quantitative estimate of drug-likeness (QED) is 0.0492. The molecular weight excluding hydrogens is 683 g/mol. The zero-order valence-corrected chi connectivity index (χ0v) is 25.5. The Morgan fingerprint density at radius 3 is 0.929 bits per heavy atom. The molecular formula is C24H48I3N. The Morgan fingerprint density at radius 2 is 0.679 bits per heavy atom. The molecule has 0 spiro atoms. The molecule has 0 aliphatic carbocycles. The van der Waals surface area contributed by atoms with Crippen molar-refractivity contribution in [1.29, 1.82) is 0 Å². The first kappa shape index (κ1) is 30.1. The molecule has 0 saturated heterocycles. The Morgan fingerprint density at radius 1 is 0.429 bits per heavy atom. The third-order valence-corrected chi connectivity index (χ3v) is 9.41. The van der Waals surface area contributed by atoms with Gasteiger partial charge in [-0.2, -0.15) is 0 Å². The van der Waals surface area contributed by atoms with Crippen LogP contribution in [0.4, 0.5) is 0 Å². The van der Waals surface area contributed by atoms with Gasteiger partial charge in [0.15, 0.2) is 0 Å². The van der Waals surface area contributed by atoms with Crippen molar-refractivity contribution in [3.63, 3.8) is 0 Å². The summed E-state index contributed by atoms with van der Waals surface area (Å²) in [4.78, 5) is 2.88. The smallest absolute Gasteiger partial charge is 0.0637 e. The molecule has 1 nitrogen and oxygen atoms in total. The summed E-state index contributed by atoms with van der Waals surface area (Å²) in [6, 6.07) is 0. The fraction of sp³-hybridized carbons (Fsp3) is 1.00. The zero-order valence-electron chi connectivity index (χ0n) is 19.0. The second-order valence-electron chi connectivity index (χ2n) is 8.36. The fourth-order valence-corrected chi connectivity index (χ4v) is 9.22. The normalized spacial score (nSPS) is 15.1. The summed E-state index contributed by atoms with van der Waals surface area (Å²) in [5, 5.41) is 0. The van der Waals surface area contributed by atoms with Gasteiger partial charge in [-0.1, -0.05) is 185 Å². The van der Waals surface area contributed by atoms with Gasteiger partial charge in [0, 0.05) is 0 Å². The molecule has 0 aromatic rings. The number of nitrogens with zero attached hydrogens (tertiary/aromatic N) is 1. The van der Waals surface area contributed by atoms with E-state index >= 15 is 0 Å². The van der Waals surface area contributed by atoms with Crippen LogP contribution in [0.2, 0.25) is 0 Å². The molecule has 0 radical (unpaired) electrons. The van der Waals surface area contributed by atoms with Crippen molar-refractivity contribution in [2.24, 2.45) is 0 Å². The summed E-state index contributed by atoms with van der Waals surface area (Å²) in [5.74, 6) is 0. The van der Waals surface area contributed by atoms with Crippen LogP contribution < -0.4 is 0 Å². The monoisotopic (exact) mass is 731 g/mol. The third kappa shape index (κ3) is 16.8. The Balaban J connectivity index is 4.48. The van der Waals surface area contributed by atoms with E-state index in [1.165, 1.54) is 116 Å². The molecule has 0 bridgehead atoms. The first-order chi connectivity index (χ1) is 13.6. The fourth-order valence-electron chi connectivity index (χ4n) is 3.72. The minimum atomic E-state index is 0.703. The van der Waals surface area contributed by atoms with E-state index < -0.39 is 0 Å². The van der Waals surface area contributed by atoms with Gasteiger partial charge in [0.1, 0.15) is 0 Å². The standard InChI is InChI=1S/C24H48I3N/c1-4-7-10-13-16-19-22(25)28(23(26)20-17-14-11-8-5-2)24(27)21-18-15-12-9-6-3/h22-24H,4-21H2,1-3H3. The summed E-state index contributed by atoms with van der Waals surface area (Å²) in [7, 11) is 0. The Kier molecular flexibility index (Phi) is 24.1. The van der Waals surface area contributed by atoms with E-state index in [0.717, 1.165) is 0 Å². The molecule has 3 atom stereocenters. The molecule has 0 rings (SSSR count). The average molecular weight is 731 g/mol. The van der Waals surface area contributed by atoms with Crippen molar-refractivity contribution in [2.75, 3.05) is 0 Å². The average Bonchev–Trinajstić information content (AvgIpc) is 2.67. The van der Waals surface area contributed by atoms with Crippen molar-refractivity contribution in [3.8, 4) is 0 Å². The van der Waals surface area contributed by atoms with Crippen molar-refractivity contribution >= 4 is 67.8 Å². The predicted molar refractivity (Wildman–Crippen MR) is 155 cm³/mol. The largest absolute Gasteiger partial charge is 0.268 e. The van der Waals surface area contributed by atoms with E-state index in [9.17, 15) is 0 Å². The van der Waals surface area contributed by atoms with Crippen LogP contribution in [0.1, 0.15) is 136 Å². The van der Waals surface area contributed by atoms with Crippen molar-refractivity contribution in [1.82, 2.24) is 4.90 Å². The summed E-state index contributed by atoms with van der Waals surface area (Å²) in [5.41, 5.74) is 0. The maximum atomic E-state index is 2.88. The molecule has 0 fully saturated rings. The van der Waals surface area contributed by atoms with Crippen molar-refractivity contribution < 1.29 is 0 Å². The number of rotatable bonds is 21. The first-order valence-electron chi connectivity index (χ1n) is 12.3. The van der Waals surface area contributed by atoms with Crippen molar-refractivity contribution in [3.05, 3.63) is 0 Å². The SMILES string of the molecule is CCCCCCCC(I)N(C(I)CCCCCCC)C(I)CCCCCCC. The lowest BCUT2D eigenvalue weighted by molar-refractivity contribution is 0.219. The maximum Gasteiger partial charge on any atom is 0.0637 e. The Labute approximate surface area is 219 Å². The molecule has 0 aromatic carbocycles. The van der Waals surface area contributed by atoms with Gasteiger partial charge in [0.25, 0.3) is 0 Å². The molecule has 170 valence electrons. The minimum absolute atomic E-state index is 0.703. The summed E-state index contributed by atoms with van der Waals surface area (Å²) >= 11 is 8.28. The predicted octanol–water partition coefficient (Wildman–Crippen LogP) is 10.7. The molecule has 0 saturated carbocycles. The summed E-state index contributed by atoms with van der Waals surface area (Å²) < 4.78 is 2.11. The van der Waals surface area contributed by atoms with Crippen LogP contribution in [0.5, 0.6) is 0 Å². The minimum Gasteiger partial charge on any atom is -0.268 e. The second-order valence-corrected chi connectivity index (χ2v) is 12.7. The van der Waals surface area contributed by atoms with Gasteiger partial charge < -0.3 is 0 Å². The third-order valence-electron chi connectivity index (χ3n) is 5.61. The molecule has 28 heavy (non-hydrogen) atoms. The molecule has 0 N–H and O–H groups in total. The topological polar surface area (TPSA) is 3.24 Å². The van der Waals surface area contributed by atoms with Gasteiger partial charge >= 0.3 is 0 Å². The highest BCUT2D eigenvalue weighted by Crippen LogP contribution is 2.32. The van der Waals surface area contributed by atoms with Crippen LogP contribution in [-0.2, 0) is 0 Å². The molecule has 0 heterocycles. The van der Waals surface area contributed by atoms with E-state index in [1.54, 1.807) is 0 Å². The van der Waals surface area contributed by atoms with Gasteiger partial charge in [0.2, 0.25) is 0 Å². The summed E-state index contributed by atoms with van der Waals surface area (Å²) in [6.45, 7) is 6.93. The highest BCUT2D eigenvalue weighted by atomic mass is 127. The van der Waals surface area contributed by atoms with Crippen molar-refractivity contribution in [2.45, 2.75) is 148 Å². The molecule has 0 aliphatic rings. The van der Waals surface area contributed by atoms with E-state index in [0.29, 0.717) is 12.1 Å². The molecule has 4 heteroatoms. The zero-order chi connectivity index (χ0) is 21.0. The number of unbranched alkanes of at least 4 members (excludes halogenated alkanes) is 12. The second kappa shape index (κ2) is 22.3. The highest BCUT2D eigenvalue weighted by molar-refractivity contribution is 14.1. The molecule has 3 unspecified atom stereocenters. The Hall–Kier alpha value is 2.15.